The van der Waals surface area contributed by atoms with E-state index in [0.717, 1.165) is 34.3 Å². The zero-order valence-electron chi connectivity index (χ0n) is 21.3. The average Bonchev–Trinajstić information content (AvgIpc) is 3.29. The molecule has 0 saturated heterocycles. The molecule has 0 radical (unpaired) electrons. The lowest BCUT2D eigenvalue weighted by Crippen LogP contribution is -2.41. The number of nitrogens with one attached hydrogen (secondary N) is 2. The van der Waals surface area contributed by atoms with Gasteiger partial charge in [-0.2, -0.15) is 5.10 Å². The summed E-state index contributed by atoms with van der Waals surface area (Å²) < 4.78 is 1.73. The fraction of sp³-hybridized carbons (Fsp3) is 0.276. The molecule has 0 fully saturated rings. The fourth-order valence-electron chi connectivity index (χ4n) is 4.01. The predicted molar refractivity (Wildman–Crippen MR) is 146 cm³/mol. The number of carbonyl (C=O) groups is 2. The van der Waals surface area contributed by atoms with Gasteiger partial charge in [-0.1, -0.05) is 82.3 Å². The van der Waals surface area contributed by atoms with Gasteiger partial charge >= 0.3 is 6.03 Å². The third-order valence-corrected chi connectivity index (χ3v) is 5.89. The molecule has 0 saturated carbocycles. The second kappa shape index (κ2) is 10.6. The van der Waals surface area contributed by atoms with Crippen molar-refractivity contribution in [3.63, 3.8) is 0 Å². The average molecular weight is 484 g/mol. The van der Waals surface area contributed by atoms with Crippen LogP contribution in [0.25, 0.3) is 16.5 Å². The minimum atomic E-state index is -0.310. The molecule has 0 aliphatic rings. The van der Waals surface area contributed by atoms with E-state index in [9.17, 15) is 9.59 Å². The van der Waals surface area contributed by atoms with E-state index in [-0.39, 0.29) is 23.9 Å². The Kier molecular flexibility index (Phi) is 7.38. The Labute approximate surface area is 212 Å². The highest BCUT2D eigenvalue weighted by Gasteiger charge is 2.23. The van der Waals surface area contributed by atoms with Crippen molar-refractivity contribution in [2.45, 2.75) is 39.5 Å². The number of anilines is 2. The number of fused-ring (bicyclic) bond motifs is 1. The summed E-state index contributed by atoms with van der Waals surface area (Å²) >= 11 is 0. The van der Waals surface area contributed by atoms with E-state index < -0.39 is 0 Å². The number of carbonyl (C=O) groups excluding carboxylic acids is 2. The molecule has 7 heteroatoms. The van der Waals surface area contributed by atoms with E-state index >= 15 is 0 Å². The number of urea groups is 1. The van der Waals surface area contributed by atoms with Crippen molar-refractivity contribution >= 4 is 34.2 Å². The molecule has 0 spiro atoms. The molecular formula is C29H33N5O2. The van der Waals surface area contributed by atoms with E-state index in [1.54, 1.807) is 4.68 Å². The number of aromatic nitrogens is 2. The van der Waals surface area contributed by atoms with Gasteiger partial charge in [-0.3, -0.25) is 4.79 Å². The Hall–Kier alpha value is -4.13. The van der Waals surface area contributed by atoms with E-state index in [2.05, 4.69) is 31.4 Å². The van der Waals surface area contributed by atoms with Gasteiger partial charge in [0.15, 0.2) is 0 Å². The first-order valence-electron chi connectivity index (χ1n) is 12.3. The summed E-state index contributed by atoms with van der Waals surface area (Å²) in [6.07, 6.45) is 0.729. The van der Waals surface area contributed by atoms with E-state index in [1.165, 1.54) is 4.90 Å². The largest absolute Gasteiger partial charge is 0.322 e. The summed E-state index contributed by atoms with van der Waals surface area (Å²) in [4.78, 5) is 27.8. The Morgan fingerprint density at radius 2 is 1.61 bits per heavy atom. The van der Waals surface area contributed by atoms with Gasteiger partial charge < -0.3 is 15.5 Å². The first kappa shape index (κ1) is 25.0. The van der Waals surface area contributed by atoms with Crippen LogP contribution in [0, 0.1) is 0 Å². The summed E-state index contributed by atoms with van der Waals surface area (Å²) in [5.74, 6) is 0.288. The van der Waals surface area contributed by atoms with Crippen LogP contribution in [0.1, 0.15) is 39.8 Å². The maximum absolute atomic E-state index is 13.2. The Morgan fingerprint density at radius 3 is 2.33 bits per heavy atom. The topological polar surface area (TPSA) is 79.3 Å². The van der Waals surface area contributed by atoms with Crippen LogP contribution in [-0.2, 0) is 10.2 Å². The zero-order chi connectivity index (χ0) is 25.7. The smallest absolute Gasteiger partial charge is 0.315 e. The number of para-hydroxylation sites is 1. The third kappa shape index (κ3) is 5.74. The highest BCUT2D eigenvalue weighted by Crippen LogP contribution is 2.26. The molecule has 7 nitrogen and oxygen atoms in total. The lowest BCUT2D eigenvalue weighted by molar-refractivity contribution is -0.116. The number of hydrogen-bond donors (Lipinski definition) is 2. The van der Waals surface area contributed by atoms with Crippen molar-refractivity contribution in [3.05, 3.63) is 84.6 Å². The molecule has 4 rings (SSSR count). The molecule has 3 aromatic carbocycles. The predicted octanol–water partition coefficient (Wildman–Crippen LogP) is 6.21. The minimum Gasteiger partial charge on any atom is -0.315 e. The van der Waals surface area contributed by atoms with E-state index in [0.29, 0.717) is 12.4 Å². The van der Waals surface area contributed by atoms with Crippen LogP contribution in [-0.4, -0.2) is 39.7 Å². The molecular weight excluding hydrogens is 450 g/mol. The molecule has 2 N–H and O–H groups in total. The second-order valence-electron chi connectivity index (χ2n) is 9.84. The summed E-state index contributed by atoms with van der Waals surface area (Å²) in [7, 11) is 0. The van der Waals surface area contributed by atoms with Crippen LogP contribution in [0.4, 0.5) is 16.3 Å². The zero-order valence-corrected chi connectivity index (χ0v) is 21.3. The van der Waals surface area contributed by atoms with Crippen molar-refractivity contribution in [1.82, 2.24) is 14.7 Å². The van der Waals surface area contributed by atoms with Gasteiger partial charge in [0.2, 0.25) is 5.91 Å². The number of amides is 3. The molecule has 1 heterocycles. The molecule has 186 valence electrons. The van der Waals surface area contributed by atoms with Crippen molar-refractivity contribution in [2.75, 3.05) is 23.7 Å². The van der Waals surface area contributed by atoms with Gasteiger partial charge in [0.05, 0.1) is 17.1 Å². The van der Waals surface area contributed by atoms with Gasteiger partial charge in [-0.25, -0.2) is 9.48 Å². The van der Waals surface area contributed by atoms with Crippen molar-refractivity contribution in [2.24, 2.45) is 0 Å². The molecule has 1 aromatic heterocycles. The van der Waals surface area contributed by atoms with Gasteiger partial charge in [0, 0.05) is 23.4 Å². The number of benzene rings is 3. The van der Waals surface area contributed by atoms with Gasteiger partial charge in [0.1, 0.15) is 12.4 Å². The monoisotopic (exact) mass is 483 g/mol. The first-order chi connectivity index (χ1) is 17.3. The molecule has 0 unspecified atom stereocenters. The molecule has 0 atom stereocenters. The van der Waals surface area contributed by atoms with E-state index in [4.69, 9.17) is 5.10 Å². The summed E-state index contributed by atoms with van der Waals surface area (Å²) in [5.41, 5.74) is 2.24. The lowest BCUT2D eigenvalue weighted by atomic mass is 9.92. The van der Waals surface area contributed by atoms with Crippen LogP contribution in [0.15, 0.2) is 78.9 Å². The Morgan fingerprint density at radius 1 is 0.917 bits per heavy atom. The van der Waals surface area contributed by atoms with Crippen molar-refractivity contribution in [1.29, 1.82) is 0 Å². The molecule has 0 bridgehead atoms. The Balaban J connectivity index is 1.53. The molecule has 4 aromatic rings. The van der Waals surface area contributed by atoms with Crippen LogP contribution in [0.2, 0.25) is 0 Å². The lowest BCUT2D eigenvalue weighted by Gasteiger charge is -2.22. The fourth-order valence-corrected chi connectivity index (χ4v) is 4.01. The maximum Gasteiger partial charge on any atom is 0.322 e. The number of nitrogens with zero attached hydrogens (tertiary/aromatic N) is 3. The number of rotatable bonds is 7. The first-order valence-corrected chi connectivity index (χ1v) is 12.3. The molecule has 0 aliphatic heterocycles. The normalized spacial score (nSPS) is 11.3. The second-order valence-corrected chi connectivity index (χ2v) is 9.84. The minimum absolute atomic E-state index is 0.0741. The SMILES string of the molecule is CCCN(CC(=O)Nc1cc(C(C)(C)C)nn1-c1ccccc1)C(=O)Nc1cccc2ccccc12. The quantitative estimate of drug-likeness (QED) is 0.328. The Bertz CT molecular complexity index is 1350. The highest BCUT2D eigenvalue weighted by molar-refractivity contribution is 6.03. The third-order valence-electron chi connectivity index (χ3n) is 5.89. The van der Waals surface area contributed by atoms with Crippen LogP contribution in [0.5, 0.6) is 0 Å². The summed E-state index contributed by atoms with van der Waals surface area (Å²) in [5, 5.41) is 12.7. The van der Waals surface area contributed by atoms with E-state index in [1.807, 2.05) is 85.8 Å². The summed E-state index contributed by atoms with van der Waals surface area (Å²) in [6.45, 7) is 8.60. The van der Waals surface area contributed by atoms with Crippen molar-refractivity contribution in [3.8, 4) is 5.69 Å². The summed E-state index contributed by atoms with van der Waals surface area (Å²) in [6, 6.07) is 24.9. The van der Waals surface area contributed by atoms with Gasteiger partial charge in [-0.15, -0.1) is 0 Å². The number of hydrogen-bond acceptors (Lipinski definition) is 3. The van der Waals surface area contributed by atoms with Crippen LogP contribution >= 0.6 is 0 Å². The molecule has 36 heavy (non-hydrogen) atoms. The maximum atomic E-state index is 13.2. The van der Waals surface area contributed by atoms with Gasteiger partial charge in [-0.05, 0) is 30.0 Å². The molecule has 3 amide bonds. The van der Waals surface area contributed by atoms with Crippen LogP contribution in [0.3, 0.4) is 0 Å². The highest BCUT2D eigenvalue weighted by atomic mass is 16.2. The standard InChI is InChI=1S/C29H33N5O2/c1-5-18-33(28(36)30-24-17-11-13-21-12-9-10-16-23(21)24)20-27(35)31-26-19-25(29(2,3)4)32-34(26)22-14-7-6-8-15-22/h6-17,19H,5,18,20H2,1-4H3,(H,30,36)(H,31,35). The van der Waals surface area contributed by atoms with Crippen LogP contribution < -0.4 is 10.6 Å². The van der Waals surface area contributed by atoms with Crippen molar-refractivity contribution < 1.29 is 9.59 Å². The van der Waals surface area contributed by atoms with Gasteiger partial charge in [0.25, 0.3) is 0 Å². The molecule has 0 aliphatic carbocycles.